The Morgan fingerprint density at radius 1 is 1.15 bits per heavy atom. The monoisotopic (exact) mass is 349 g/mol. The van der Waals surface area contributed by atoms with Gasteiger partial charge in [0.25, 0.3) is 5.91 Å². The van der Waals surface area contributed by atoms with E-state index >= 15 is 0 Å². The molecule has 0 aliphatic rings. The average Bonchev–Trinajstić information content (AvgIpc) is 3.12. The molecule has 3 rings (SSSR count). The molecule has 0 fully saturated rings. The van der Waals surface area contributed by atoms with E-state index in [-0.39, 0.29) is 5.91 Å². The van der Waals surface area contributed by atoms with Crippen LogP contribution in [0.15, 0.2) is 54.6 Å². The van der Waals surface area contributed by atoms with Gasteiger partial charge >= 0.3 is 0 Å². The number of aromatic nitrogens is 2. The van der Waals surface area contributed by atoms with Crippen molar-refractivity contribution in [2.75, 3.05) is 13.7 Å². The third-order valence-corrected chi connectivity index (χ3v) is 4.12. The fourth-order valence-corrected chi connectivity index (χ4v) is 2.68. The third kappa shape index (κ3) is 3.77. The van der Waals surface area contributed by atoms with Gasteiger partial charge in [-0.3, -0.25) is 4.79 Å². The van der Waals surface area contributed by atoms with Crippen molar-refractivity contribution < 1.29 is 9.53 Å². The van der Waals surface area contributed by atoms with Crippen molar-refractivity contribution in [3.8, 4) is 22.7 Å². The first-order valence-corrected chi connectivity index (χ1v) is 8.72. The smallest absolute Gasteiger partial charge is 0.270 e. The normalized spacial score (nSPS) is 10.6. The van der Waals surface area contributed by atoms with E-state index in [0.29, 0.717) is 12.2 Å². The summed E-state index contributed by atoms with van der Waals surface area (Å²) in [5.74, 6) is 0.624. The lowest BCUT2D eigenvalue weighted by atomic mass is 10.1. The van der Waals surface area contributed by atoms with E-state index in [0.717, 1.165) is 34.7 Å². The first kappa shape index (κ1) is 17.7. The maximum absolute atomic E-state index is 12.6. The van der Waals surface area contributed by atoms with E-state index in [1.807, 2.05) is 68.4 Å². The molecule has 0 saturated heterocycles. The second-order valence-electron chi connectivity index (χ2n) is 6.15. The summed E-state index contributed by atoms with van der Waals surface area (Å²) in [6.07, 6.45) is 0.882. The van der Waals surface area contributed by atoms with Crippen molar-refractivity contribution in [3.05, 3.63) is 65.9 Å². The topological polar surface area (TPSA) is 56.1 Å². The van der Waals surface area contributed by atoms with E-state index in [2.05, 4.69) is 10.4 Å². The molecule has 26 heavy (non-hydrogen) atoms. The Morgan fingerprint density at radius 2 is 1.92 bits per heavy atom. The van der Waals surface area contributed by atoms with Crippen LogP contribution in [-0.2, 0) is 0 Å². The molecule has 0 bridgehead atoms. The fraction of sp³-hybridized carbons (Fsp3) is 0.238. The molecule has 1 amide bonds. The largest absolute Gasteiger partial charge is 0.497 e. The highest BCUT2D eigenvalue weighted by Crippen LogP contribution is 2.25. The standard InChI is InChI=1S/C21H23N3O2/c1-4-12-22-21(25)20-14-19(16-6-5-7-18(13-16)26-3)23-24(20)17-10-8-15(2)9-11-17/h5-11,13-14H,4,12H2,1-3H3,(H,22,25). The van der Waals surface area contributed by atoms with Crippen LogP contribution in [0.3, 0.4) is 0 Å². The number of aryl methyl sites for hydroxylation is 1. The van der Waals surface area contributed by atoms with Gasteiger partial charge < -0.3 is 10.1 Å². The van der Waals surface area contributed by atoms with Gasteiger partial charge in [-0.25, -0.2) is 4.68 Å². The second kappa shape index (κ2) is 7.87. The molecule has 2 aromatic carbocycles. The highest BCUT2D eigenvalue weighted by molar-refractivity contribution is 5.94. The summed E-state index contributed by atoms with van der Waals surface area (Å²) >= 11 is 0. The zero-order valence-electron chi connectivity index (χ0n) is 15.3. The van der Waals surface area contributed by atoms with Crippen molar-refractivity contribution in [2.45, 2.75) is 20.3 Å². The molecule has 1 N–H and O–H groups in total. The van der Waals surface area contributed by atoms with Gasteiger partial charge in [-0.15, -0.1) is 0 Å². The minimum absolute atomic E-state index is 0.130. The number of nitrogens with zero attached hydrogens (tertiary/aromatic N) is 2. The van der Waals surface area contributed by atoms with Crippen LogP contribution in [0, 0.1) is 6.92 Å². The fourth-order valence-electron chi connectivity index (χ4n) is 2.68. The molecule has 0 atom stereocenters. The van der Waals surface area contributed by atoms with E-state index < -0.39 is 0 Å². The summed E-state index contributed by atoms with van der Waals surface area (Å²) in [6, 6.07) is 17.4. The van der Waals surface area contributed by atoms with Gasteiger partial charge in [-0.05, 0) is 43.7 Å². The average molecular weight is 349 g/mol. The predicted octanol–water partition coefficient (Wildman–Crippen LogP) is 4.00. The molecule has 134 valence electrons. The van der Waals surface area contributed by atoms with Gasteiger partial charge in [-0.1, -0.05) is 36.8 Å². The lowest BCUT2D eigenvalue weighted by Gasteiger charge is -2.08. The third-order valence-electron chi connectivity index (χ3n) is 4.12. The van der Waals surface area contributed by atoms with E-state index in [1.54, 1.807) is 11.8 Å². The van der Waals surface area contributed by atoms with Gasteiger partial charge in [0.2, 0.25) is 0 Å². The van der Waals surface area contributed by atoms with Gasteiger partial charge in [0, 0.05) is 12.1 Å². The molecule has 5 heteroatoms. The van der Waals surface area contributed by atoms with Crippen molar-refractivity contribution >= 4 is 5.91 Å². The zero-order valence-corrected chi connectivity index (χ0v) is 15.3. The minimum atomic E-state index is -0.130. The summed E-state index contributed by atoms with van der Waals surface area (Å²) in [7, 11) is 1.63. The predicted molar refractivity (Wildman–Crippen MR) is 103 cm³/mol. The molecule has 0 aliphatic carbocycles. The number of methoxy groups -OCH3 is 1. The molecular weight excluding hydrogens is 326 g/mol. The maximum Gasteiger partial charge on any atom is 0.270 e. The van der Waals surface area contributed by atoms with Gasteiger partial charge in [-0.2, -0.15) is 5.10 Å². The van der Waals surface area contributed by atoms with Crippen LogP contribution in [0.1, 0.15) is 29.4 Å². The van der Waals surface area contributed by atoms with Gasteiger partial charge in [0.1, 0.15) is 11.4 Å². The maximum atomic E-state index is 12.6. The van der Waals surface area contributed by atoms with Gasteiger partial charge in [0.15, 0.2) is 0 Å². The van der Waals surface area contributed by atoms with Crippen molar-refractivity contribution in [2.24, 2.45) is 0 Å². The van der Waals surface area contributed by atoms with Crippen molar-refractivity contribution in [3.63, 3.8) is 0 Å². The lowest BCUT2D eigenvalue weighted by Crippen LogP contribution is -2.26. The zero-order chi connectivity index (χ0) is 18.5. The Morgan fingerprint density at radius 3 is 2.62 bits per heavy atom. The minimum Gasteiger partial charge on any atom is -0.497 e. The number of carbonyl (C=O) groups excluding carboxylic acids is 1. The van der Waals surface area contributed by atoms with Gasteiger partial charge in [0.05, 0.1) is 18.5 Å². The number of ether oxygens (including phenoxy) is 1. The SMILES string of the molecule is CCCNC(=O)c1cc(-c2cccc(OC)c2)nn1-c1ccc(C)cc1. The first-order chi connectivity index (χ1) is 12.6. The molecule has 5 nitrogen and oxygen atoms in total. The number of amides is 1. The Balaban J connectivity index is 2.07. The number of carbonyl (C=O) groups is 1. The Labute approximate surface area is 153 Å². The van der Waals surface area contributed by atoms with Crippen LogP contribution in [0.5, 0.6) is 5.75 Å². The van der Waals surface area contributed by atoms with Crippen LogP contribution < -0.4 is 10.1 Å². The molecule has 0 aliphatic heterocycles. The number of rotatable bonds is 6. The number of benzene rings is 2. The molecule has 1 heterocycles. The molecule has 0 spiro atoms. The molecule has 1 aromatic heterocycles. The van der Waals surface area contributed by atoms with Crippen LogP contribution in [-0.4, -0.2) is 29.3 Å². The lowest BCUT2D eigenvalue weighted by molar-refractivity contribution is 0.0946. The first-order valence-electron chi connectivity index (χ1n) is 8.72. The molecule has 3 aromatic rings. The number of hydrogen-bond acceptors (Lipinski definition) is 3. The molecular formula is C21H23N3O2. The highest BCUT2D eigenvalue weighted by Gasteiger charge is 2.17. The number of nitrogens with one attached hydrogen (secondary N) is 1. The summed E-state index contributed by atoms with van der Waals surface area (Å²) in [6.45, 7) is 4.69. The summed E-state index contributed by atoms with van der Waals surface area (Å²) < 4.78 is 6.99. The van der Waals surface area contributed by atoms with Crippen LogP contribution >= 0.6 is 0 Å². The van der Waals surface area contributed by atoms with Crippen LogP contribution in [0.25, 0.3) is 16.9 Å². The Bertz CT molecular complexity index is 898. The highest BCUT2D eigenvalue weighted by atomic mass is 16.5. The summed E-state index contributed by atoms with van der Waals surface area (Å²) in [4.78, 5) is 12.6. The molecule has 0 radical (unpaired) electrons. The summed E-state index contributed by atoms with van der Waals surface area (Å²) in [5, 5.41) is 7.62. The van der Waals surface area contributed by atoms with Crippen molar-refractivity contribution in [1.29, 1.82) is 0 Å². The van der Waals surface area contributed by atoms with E-state index in [9.17, 15) is 4.79 Å². The van der Waals surface area contributed by atoms with Crippen LogP contribution in [0.2, 0.25) is 0 Å². The second-order valence-corrected chi connectivity index (χ2v) is 6.15. The number of hydrogen-bond donors (Lipinski definition) is 1. The molecule has 0 unspecified atom stereocenters. The van der Waals surface area contributed by atoms with Crippen molar-refractivity contribution in [1.82, 2.24) is 15.1 Å². The summed E-state index contributed by atoms with van der Waals surface area (Å²) in [5.41, 5.74) is 4.16. The van der Waals surface area contributed by atoms with Crippen LogP contribution in [0.4, 0.5) is 0 Å². The Kier molecular flexibility index (Phi) is 5.37. The quantitative estimate of drug-likeness (QED) is 0.732. The Hall–Kier alpha value is -3.08. The van der Waals surface area contributed by atoms with E-state index in [1.165, 1.54) is 0 Å². The molecule has 0 saturated carbocycles. The van der Waals surface area contributed by atoms with E-state index in [4.69, 9.17) is 4.74 Å².